The molecule has 0 bridgehead atoms. The standard InChI is InChI=1S/C27H18BrClN4O3S/c1-36-18-9-4-14(5-10-18)21-13-22(15-2-7-17(29)8-3-15)33(32-21)27-31-26(35)24(37-27)23-19-12-16(28)6-11-20(19)30-25(23)34/h2-12,22,35H,13H2,1H3. The van der Waals surface area contributed by atoms with Crippen LogP contribution in [0.2, 0.25) is 5.02 Å². The number of aromatic hydroxyl groups is 1. The average Bonchev–Trinajstić information content (AvgIpc) is 3.59. The zero-order valence-corrected chi connectivity index (χ0v) is 22.5. The number of hydrogen-bond donors (Lipinski definition) is 1. The van der Waals surface area contributed by atoms with Crippen LogP contribution in [0.3, 0.4) is 0 Å². The van der Waals surface area contributed by atoms with Crippen molar-refractivity contribution in [1.29, 1.82) is 0 Å². The van der Waals surface area contributed by atoms with Crippen molar-refractivity contribution < 1.29 is 14.6 Å². The maximum atomic E-state index is 12.8. The quantitative estimate of drug-likeness (QED) is 0.352. The molecule has 184 valence electrons. The van der Waals surface area contributed by atoms with Gasteiger partial charge in [-0.25, -0.2) is 10.0 Å². The highest BCUT2D eigenvalue weighted by atomic mass is 79.9. The predicted octanol–water partition coefficient (Wildman–Crippen LogP) is 4.99. The van der Waals surface area contributed by atoms with E-state index in [1.807, 2.05) is 60.7 Å². The van der Waals surface area contributed by atoms with Crippen molar-refractivity contribution in [2.45, 2.75) is 12.5 Å². The lowest BCUT2D eigenvalue weighted by atomic mass is 9.98. The number of carbonyl (C=O) groups is 1. The number of rotatable bonds is 5. The Kier molecular flexibility index (Phi) is 6.06. The molecule has 0 spiro atoms. The maximum absolute atomic E-state index is 12.8. The van der Waals surface area contributed by atoms with Gasteiger partial charge in [-0.05, 0) is 65.7 Å². The van der Waals surface area contributed by atoms with E-state index in [1.165, 1.54) is 11.3 Å². The predicted molar refractivity (Wildman–Crippen MR) is 147 cm³/mol. The molecule has 0 radical (unpaired) electrons. The van der Waals surface area contributed by atoms with Crippen molar-refractivity contribution in [2.75, 3.05) is 12.1 Å². The minimum absolute atomic E-state index is 0.178. The summed E-state index contributed by atoms with van der Waals surface area (Å²) in [6, 6.07) is 20.6. The summed E-state index contributed by atoms with van der Waals surface area (Å²) < 4.78 is 6.10. The Bertz CT molecular complexity index is 1700. The Balaban J connectivity index is 1.46. The number of amides is 1. The second kappa shape index (κ2) is 9.41. The summed E-state index contributed by atoms with van der Waals surface area (Å²) in [4.78, 5) is 21.8. The first-order valence-corrected chi connectivity index (χ1v) is 13.3. The lowest BCUT2D eigenvalue weighted by Crippen LogP contribution is -2.22. The Labute approximate surface area is 229 Å². The molecule has 1 atom stereocenters. The van der Waals surface area contributed by atoms with Gasteiger partial charge in [0.25, 0.3) is 5.91 Å². The van der Waals surface area contributed by atoms with E-state index in [2.05, 4.69) is 25.9 Å². The molecule has 4 aromatic rings. The number of methoxy groups -OCH3 is 1. The van der Waals surface area contributed by atoms with Gasteiger partial charge in [-0.2, -0.15) is 10.1 Å². The summed E-state index contributed by atoms with van der Waals surface area (Å²) in [6.07, 6.45) is 0.615. The van der Waals surface area contributed by atoms with Crippen LogP contribution in [0.4, 0.5) is 5.13 Å². The largest absolute Gasteiger partial charge is 0.497 e. The molecule has 1 amide bonds. The van der Waals surface area contributed by atoms with Gasteiger partial charge in [0.05, 0.1) is 29.8 Å². The number of halogens is 2. The van der Waals surface area contributed by atoms with Crippen LogP contribution < -0.4 is 20.3 Å². The number of hydrazone groups is 1. The molecule has 0 saturated carbocycles. The second-order valence-electron chi connectivity index (χ2n) is 8.49. The zero-order valence-electron chi connectivity index (χ0n) is 19.4. The van der Waals surface area contributed by atoms with Gasteiger partial charge in [0.15, 0.2) is 0 Å². The van der Waals surface area contributed by atoms with Crippen LogP contribution >= 0.6 is 38.9 Å². The van der Waals surface area contributed by atoms with Crippen molar-refractivity contribution in [1.82, 2.24) is 4.98 Å². The third-order valence-electron chi connectivity index (χ3n) is 6.27. The molecule has 1 aromatic heterocycles. The number of hydrogen-bond acceptors (Lipinski definition) is 7. The van der Waals surface area contributed by atoms with Crippen LogP contribution in [-0.2, 0) is 4.79 Å². The lowest BCUT2D eigenvalue weighted by Gasteiger charge is -2.21. The number of aromatic nitrogens is 1. The van der Waals surface area contributed by atoms with Crippen LogP contribution in [0.15, 0.2) is 81.3 Å². The van der Waals surface area contributed by atoms with E-state index < -0.39 is 5.91 Å². The smallest absolute Gasteiger partial charge is 0.279 e. The number of anilines is 1. The summed E-state index contributed by atoms with van der Waals surface area (Å²) in [5, 5.41) is 19.9. The first kappa shape index (κ1) is 23.8. The zero-order chi connectivity index (χ0) is 25.7. The summed E-state index contributed by atoms with van der Waals surface area (Å²) in [7, 11) is 1.63. The molecule has 0 aliphatic carbocycles. The Morgan fingerprint density at radius 1 is 1.11 bits per heavy atom. The molecule has 7 nitrogen and oxygen atoms in total. The van der Waals surface area contributed by atoms with Gasteiger partial charge in [-0.3, -0.25) is 4.79 Å². The fourth-order valence-corrected chi connectivity index (χ4v) is 5.96. The van der Waals surface area contributed by atoms with E-state index in [4.69, 9.17) is 21.4 Å². The van der Waals surface area contributed by atoms with Crippen LogP contribution in [0.25, 0.3) is 5.57 Å². The Morgan fingerprint density at radius 2 is 1.86 bits per heavy atom. The van der Waals surface area contributed by atoms with Gasteiger partial charge in [-0.15, -0.1) is 0 Å². The van der Waals surface area contributed by atoms with Crippen LogP contribution in [0.1, 0.15) is 28.5 Å². The Hall–Kier alpha value is -3.53. The molecule has 10 heteroatoms. The summed E-state index contributed by atoms with van der Waals surface area (Å²) in [6.45, 7) is 0. The number of carbonyl (C=O) groups excluding carboxylic acids is 1. The fourth-order valence-electron chi connectivity index (χ4n) is 4.46. The molecule has 2 aliphatic heterocycles. The van der Waals surface area contributed by atoms with E-state index in [0.29, 0.717) is 37.6 Å². The van der Waals surface area contributed by atoms with Gasteiger partial charge in [0, 0.05) is 21.1 Å². The van der Waals surface area contributed by atoms with Crippen LogP contribution in [0, 0.1) is 0 Å². The van der Waals surface area contributed by atoms with Crippen molar-refractivity contribution >= 4 is 61.2 Å². The number of thiazole rings is 1. The van der Waals surface area contributed by atoms with Crippen LogP contribution in [-0.4, -0.2) is 28.8 Å². The van der Waals surface area contributed by atoms with Gasteiger partial charge in [0.1, 0.15) is 10.6 Å². The van der Waals surface area contributed by atoms with Gasteiger partial charge in [0.2, 0.25) is 11.0 Å². The molecule has 6 rings (SSSR count). The average molecular weight is 594 g/mol. The van der Waals surface area contributed by atoms with Crippen molar-refractivity contribution in [3.05, 3.63) is 103 Å². The maximum Gasteiger partial charge on any atom is 0.279 e. The highest BCUT2D eigenvalue weighted by molar-refractivity contribution is 9.10. The van der Waals surface area contributed by atoms with Crippen LogP contribution in [0.5, 0.6) is 11.6 Å². The van der Waals surface area contributed by atoms with Gasteiger partial charge < -0.3 is 9.84 Å². The molecule has 0 fully saturated rings. The minimum atomic E-state index is -0.406. The van der Waals surface area contributed by atoms with Gasteiger partial charge >= 0.3 is 0 Å². The molecule has 2 aliphatic rings. The topological polar surface area (TPSA) is 87.4 Å². The fraction of sp³-hybridized carbons (Fsp3) is 0.111. The normalized spacial score (nSPS) is 16.6. The molecule has 37 heavy (non-hydrogen) atoms. The minimum Gasteiger partial charge on any atom is -0.497 e. The van der Waals surface area contributed by atoms with Crippen molar-refractivity contribution in [2.24, 2.45) is 10.1 Å². The molecular weight excluding hydrogens is 576 g/mol. The Morgan fingerprint density at radius 3 is 2.59 bits per heavy atom. The highest BCUT2D eigenvalue weighted by Crippen LogP contribution is 2.43. The number of benzene rings is 3. The molecule has 1 unspecified atom stereocenters. The third-order valence-corrected chi connectivity index (χ3v) is 8.07. The summed E-state index contributed by atoms with van der Waals surface area (Å²) in [5.41, 5.74) is 3.16. The summed E-state index contributed by atoms with van der Waals surface area (Å²) >= 11 is 10.8. The molecule has 3 heterocycles. The van der Waals surface area contributed by atoms with Crippen molar-refractivity contribution in [3.63, 3.8) is 0 Å². The summed E-state index contributed by atoms with van der Waals surface area (Å²) in [5.74, 6) is 0.129. The molecule has 3 aromatic carbocycles. The molecular formula is C27H18BrClN4O3S. The van der Waals surface area contributed by atoms with Gasteiger partial charge in [-0.1, -0.05) is 51.0 Å². The van der Waals surface area contributed by atoms with E-state index in [1.54, 1.807) is 18.2 Å². The molecule has 1 N–H and O–H groups in total. The highest BCUT2D eigenvalue weighted by Gasteiger charge is 2.34. The lowest BCUT2D eigenvalue weighted by molar-refractivity contribution is -0.112. The third kappa shape index (κ3) is 4.33. The van der Waals surface area contributed by atoms with E-state index >= 15 is 0 Å². The number of fused-ring (bicyclic) bond motifs is 1. The van der Waals surface area contributed by atoms with Crippen molar-refractivity contribution in [3.8, 4) is 11.6 Å². The molecule has 0 saturated heterocycles. The van der Waals surface area contributed by atoms with E-state index in [0.717, 1.165) is 27.1 Å². The first-order chi connectivity index (χ1) is 17.9. The first-order valence-electron chi connectivity index (χ1n) is 11.3. The van der Waals surface area contributed by atoms with E-state index in [9.17, 15) is 9.90 Å². The monoisotopic (exact) mass is 592 g/mol. The number of nitrogens with zero attached hydrogens (tertiary/aromatic N) is 4. The van der Waals surface area contributed by atoms with E-state index in [-0.39, 0.29) is 11.9 Å². The second-order valence-corrected chi connectivity index (χ2v) is 10.8. The number of ether oxygens (including phenoxy) is 1. The SMILES string of the molecule is COc1ccc(C2=NN(c3nc(O)c(C4=c5cc(Br)ccc5=NC4=O)s3)C(c3ccc(Cl)cc3)C2)cc1.